The fourth-order valence-corrected chi connectivity index (χ4v) is 5.64. The van der Waals surface area contributed by atoms with Gasteiger partial charge >= 0.3 is 0 Å². The highest BCUT2D eigenvalue weighted by atomic mass is 16.5. The smallest absolute Gasteiger partial charge is 0.255 e. The Morgan fingerprint density at radius 1 is 1.29 bits per heavy atom. The molecule has 0 saturated heterocycles. The van der Waals surface area contributed by atoms with Crippen LogP contribution >= 0.6 is 0 Å². The van der Waals surface area contributed by atoms with Gasteiger partial charge in [-0.25, -0.2) is 0 Å². The number of primary amides is 1. The number of phenols is 1. The maximum absolute atomic E-state index is 13.6. The van der Waals surface area contributed by atoms with Crippen molar-refractivity contribution >= 4 is 29.6 Å². The Balaban J connectivity index is 1.98. The fraction of sp³-hybridized carbons (Fsp3) is 0.391. The molecule has 3 aliphatic carbocycles. The minimum absolute atomic E-state index is 0.0377. The van der Waals surface area contributed by atoms with Crippen LogP contribution in [0.5, 0.6) is 11.5 Å². The molecule has 12 nitrogen and oxygen atoms in total. The van der Waals surface area contributed by atoms with Crippen molar-refractivity contribution in [1.82, 2.24) is 4.90 Å². The van der Waals surface area contributed by atoms with E-state index < -0.39 is 63.8 Å². The Morgan fingerprint density at radius 2 is 1.94 bits per heavy atom. The molecule has 0 bridgehead atoms. The molecule has 3 aliphatic rings. The van der Waals surface area contributed by atoms with Crippen LogP contribution in [0.15, 0.2) is 28.7 Å². The molecule has 0 saturated carbocycles. The number of benzene rings is 1. The maximum Gasteiger partial charge on any atom is 0.255 e. The first-order valence-corrected chi connectivity index (χ1v) is 10.7. The average molecular weight is 487 g/mol. The second kappa shape index (κ2) is 8.10. The lowest BCUT2D eigenvalue weighted by atomic mass is 9.58. The summed E-state index contributed by atoms with van der Waals surface area (Å²) < 4.78 is 5.36. The number of ether oxygens (including phenoxy) is 1. The van der Waals surface area contributed by atoms with Gasteiger partial charge in [0, 0.05) is 23.1 Å². The average Bonchev–Trinajstić information content (AvgIpc) is 2.77. The molecule has 2 amide bonds. The zero-order valence-corrected chi connectivity index (χ0v) is 19.2. The van der Waals surface area contributed by atoms with Gasteiger partial charge in [0.15, 0.2) is 17.1 Å². The summed E-state index contributed by atoms with van der Waals surface area (Å²) in [7, 11) is 4.45. The predicted octanol–water partition coefficient (Wildman–Crippen LogP) is -0.302. The molecule has 0 aromatic heterocycles. The van der Waals surface area contributed by atoms with Crippen molar-refractivity contribution < 1.29 is 44.3 Å². The Bertz CT molecular complexity index is 1250. The van der Waals surface area contributed by atoms with Crippen molar-refractivity contribution in [3.05, 3.63) is 39.9 Å². The van der Waals surface area contributed by atoms with E-state index in [1.54, 1.807) is 14.1 Å². The van der Waals surface area contributed by atoms with E-state index in [0.717, 1.165) is 0 Å². The highest BCUT2D eigenvalue weighted by molar-refractivity contribution is 6.25. The number of aliphatic hydroxyl groups is 3. The number of fused-ring (bicyclic) bond motifs is 3. The van der Waals surface area contributed by atoms with Gasteiger partial charge < -0.3 is 36.2 Å². The number of hydrogen-bond donors (Lipinski definition) is 6. The summed E-state index contributed by atoms with van der Waals surface area (Å²) in [6.07, 6.45) is 0.338. The molecule has 4 rings (SSSR count). The Kier molecular flexibility index (Phi) is 5.61. The molecule has 12 heteroatoms. The standard InChI is InChI=1S/C23H25N3O9/c1-26(2)16-10-5-8-4-9-12(35-3)6-11(25-7-27)17(28)14(9)18(29)13(8)20(31)23(10,34)21(32)15(19(16)30)22(24)33/h6-8,10,16,28,30-31,34H,4-5H2,1-3H3,(H2,24,33)(H,25,27)/t8-,10-,16-,23-/m0/s1. The minimum Gasteiger partial charge on any atom is -0.510 e. The number of aromatic hydroxyl groups is 1. The van der Waals surface area contributed by atoms with Crippen LogP contribution in [0.25, 0.3) is 0 Å². The number of anilines is 1. The van der Waals surface area contributed by atoms with Crippen LogP contribution in [0.2, 0.25) is 0 Å². The van der Waals surface area contributed by atoms with Gasteiger partial charge in [-0.05, 0) is 32.9 Å². The van der Waals surface area contributed by atoms with Crippen LogP contribution in [0.3, 0.4) is 0 Å². The van der Waals surface area contributed by atoms with Crippen LogP contribution in [0.4, 0.5) is 5.69 Å². The monoisotopic (exact) mass is 487 g/mol. The topological polar surface area (TPSA) is 200 Å². The van der Waals surface area contributed by atoms with Crippen molar-refractivity contribution in [2.45, 2.75) is 24.5 Å². The molecule has 0 fully saturated rings. The Labute approximate surface area is 199 Å². The van der Waals surface area contributed by atoms with Gasteiger partial charge in [-0.2, -0.15) is 0 Å². The number of amides is 2. The summed E-state index contributed by atoms with van der Waals surface area (Å²) in [5, 5.41) is 46.5. The molecule has 0 radical (unpaired) electrons. The van der Waals surface area contributed by atoms with Gasteiger partial charge in [0.2, 0.25) is 12.2 Å². The lowest BCUT2D eigenvalue weighted by Gasteiger charge is -2.50. The fourth-order valence-electron chi connectivity index (χ4n) is 5.64. The number of phenolic OH excluding ortho intramolecular Hbond substituents is 1. The lowest BCUT2D eigenvalue weighted by Crippen LogP contribution is -2.63. The SMILES string of the molecule is COc1cc(NC=O)c(O)c2c1C[C@H]1C[C@H]3[C@H](N(C)C)C(O)=C(C(N)=O)C(=O)[C@@]3(O)C(O)=C1C2=O. The van der Waals surface area contributed by atoms with Gasteiger partial charge in [-0.3, -0.25) is 24.1 Å². The maximum atomic E-state index is 13.6. The molecular formula is C23H25N3O9. The molecule has 7 N–H and O–H groups in total. The molecule has 0 heterocycles. The predicted molar refractivity (Wildman–Crippen MR) is 120 cm³/mol. The number of rotatable bonds is 5. The number of aliphatic hydroxyl groups excluding tert-OH is 2. The highest BCUT2D eigenvalue weighted by Crippen LogP contribution is 2.53. The normalized spacial score (nSPS) is 27.9. The van der Waals surface area contributed by atoms with E-state index in [4.69, 9.17) is 10.5 Å². The van der Waals surface area contributed by atoms with Gasteiger partial charge in [0.05, 0.1) is 24.4 Å². The van der Waals surface area contributed by atoms with Crippen LogP contribution < -0.4 is 15.8 Å². The Hall–Kier alpha value is -3.90. The van der Waals surface area contributed by atoms with E-state index in [1.165, 1.54) is 18.1 Å². The number of methoxy groups -OCH3 is 1. The molecular weight excluding hydrogens is 462 g/mol. The van der Waals surface area contributed by atoms with Crippen molar-refractivity contribution in [3.8, 4) is 11.5 Å². The quantitative estimate of drug-likeness (QED) is 0.182. The van der Waals surface area contributed by atoms with E-state index >= 15 is 0 Å². The highest BCUT2D eigenvalue weighted by Gasteiger charge is 2.63. The number of likely N-dealkylation sites (N-methyl/N-ethyl adjacent to an activating group) is 1. The summed E-state index contributed by atoms with van der Waals surface area (Å²) in [5.74, 6) is -7.29. The van der Waals surface area contributed by atoms with E-state index in [2.05, 4.69) is 5.32 Å². The van der Waals surface area contributed by atoms with E-state index in [1.807, 2.05) is 0 Å². The zero-order valence-electron chi connectivity index (χ0n) is 19.2. The number of nitrogens with zero attached hydrogens (tertiary/aromatic N) is 1. The summed E-state index contributed by atoms with van der Waals surface area (Å²) >= 11 is 0. The van der Waals surface area contributed by atoms with Gasteiger partial charge in [0.25, 0.3) is 5.91 Å². The van der Waals surface area contributed by atoms with E-state index in [-0.39, 0.29) is 35.4 Å². The van der Waals surface area contributed by atoms with E-state index in [0.29, 0.717) is 12.0 Å². The van der Waals surface area contributed by atoms with Crippen molar-refractivity contribution in [3.63, 3.8) is 0 Å². The van der Waals surface area contributed by atoms with Crippen molar-refractivity contribution in [2.75, 3.05) is 26.5 Å². The van der Waals surface area contributed by atoms with E-state index in [9.17, 15) is 39.6 Å². The molecule has 35 heavy (non-hydrogen) atoms. The van der Waals surface area contributed by atoms with Crippen molar-refractivity contribution in [2.24, 2.45) is 17.6 Å². The summed E-state index contributed by atoms with van der Waals surface area (Å²) in [6, 6.07) is 0.277. The largest absolute Gasteiger partial charge is 0.510 e. The Morgan fingerprint density at radius 3 is 2.49 bits per heavy atom. The second-order valence-corrected chi connectivity index (χ2v) is 9.05. The van der Waals surface area contributed by atoms with Crippen LogP contribution in [0.1, 0.15) is 22.3 Å². The third-order valence-corrected chi connectivity index (χ3v) is 7.12. The molecule has 0 aliphatic heterocycles. The number of allylic oxidation sites excluding steroid dienone is 1. The first kappa shape index (κ1) is 24.2. The van der Waals surface area contributed by atoms with Crippen LogP contribution in [-0.4, -0.2) is 82.1 Å². The molecule has 1 aromatic rings. The summed E-state index contributed by atoms with van der Waals surface area (Å²) in [4.78, 5) is 51.3. The number of hydrogen-bond acceptors (Lipinski definition) is 10. The molecule has 4 atom stereocenters. The molecule has 0 unspecified atom stereocenters. The number of ketones is 2. The molecule has 1 aromatic carbocycles. The van der Waals surface area contributed by atoms with Gasteiger partial charge in [-0.15, -0.1) is 0 Å². The molecule has 186 valence electrons. The van der Waals surface area contributed by atoms with Gasteiger partial charge in [-0.1, -0.05) is 0 Å². The number of Topliss-reactive ketones (excluding diaryl/α,β-unsaturated/α-hetero) is 2. The summed E-state index contributed by atoms with van der Waals surface area (Å²) in [6.45, 7) is 0. The van der Waals surface area contributed by atoms with Crippen LogP contribution in [-0.2, 0) is 20.8 Å². The third-order valence-electron chi connectivity index (χ3n) is 7.12. The first-order chi connectivity index (χ1) is 16.4. The third kappa shape index (κ3) is 3.13. The number of carbonyl (C=O) groups excluding carboxylic acids is 4. The number of carbonyl (C=O) groups is 4. The second-order valence-electron chi connectivity index (χ2n) is 9.05. The van der Waals surface area contributed by atoms with Crippen molar-refractivity contribution in [1.29, 1.82) is 0 Å². The van der Waals surface area contributed by atoms with Gasteiger partial charge in [0.1, 0.15) is 22.8 Å². The summed E-state index contributed by atoms with van der Waals surface area (Å²) in [5.41, 5.74) is 1.36. The zero-order chi connectivity index (χ0) is 26.0. The number of nitrogens with two attached hydrogens (primary N) is 1. The molecule has 0 spiro atoms. The first-order valence-electron chi connectivity index (χ1n) is 10.7. The minimum atomic E-state index is -2.72. The lowest BCUT2D eigenvalue weighted by molar-refractivity contribution is -0.148. The number of nitrogens with one attached hydrogen (secondary N) is 1. The van der Waals surface area contributed by atoms with Crippen LogP contribution in [0, 0.1) is 11.8 Å².